The fourth-order valence-corrected chi connectivity index (χ4v) is 1.15. The molecule has 0 radical (unpaired) electrons. The second-order valence-electron chi connectivity index (χ2n) is 2.64. The first-order valence-corrected chi connectivity index (χ1v) is 4.03. The van der Waals surface area contributed by atoms with Crippen molar-refractivity contribution in [2.75, 3.05) is 0 Å². The van der Waals surface area contributed by atoms with E-state index in [4.69, 9.17) is 5.21 Å². The van der Waals surface area contributed by atoms with Gasteiger partial charge in [-0.1, -0.05) is 5.16 Å². The maximum atomic E-state index is 8.86. The average molecular weight is 188 g/mol. The molecule has 5 heteroatoms. The largest absolute Gasteiger partial charge is 0.410 e. The van der Waals surface area contributed by atoms with Gasteiger partial charge in [-0.2, -0.15) is 0 Å². The zero-order valence-electron chi connectivity index (χ0n) is 7.25. The van der Waals surface area contributed by atoms with Crippen molar-refractivity contribution < 1.29 is 5.21 Å². The van der Waals surface area contributed by atoms with E-state index in [0.29, 0.717) is 11.4 Å². The molecule has 2 aromatic heterocycles. The standard InChI is InChI=1S/C9H8N4O/c14-13-9(7-1-2-10-5-7)8-6-11-3-4-12-8/h1-6,10,14H/b13-9-. The molecular formula is C9H8N4O. The topological polar surface area (TPSA) is 74.2 Å². The monoisotopic (exact) mass is 188 g/mol. The Morgan fingerprint density at radius 3 is 2.93 bits per heavy atom. The Labute approximate surface area is 80.1 Å². The van der Waals surface area contributed by atoms with Crippen molar-refractivity contribution in [2.45, 2.75) is 0 Å². The van der Waals surface area contributed by atoms with Gasteiger partial charge in [0.05, 0.1) is 6.20 Å². The first kappa shape index (κ1) is 8.43. The molecule has 0 aliphatic rings. The van der Waals surface area contributed by atoms with Crippen LogP contribution in [-0.4, -0.2) is 25.9 Å². The Morgan fingerprint density at radius 2 is 2.36 bits per heavy atom. The fourth-order valence-electron chi connectivity index (χ4n) is 1.15. The lowest BCUT2D eigenvalue weighted by Gasteiger charge is -1.98. The summed E-state index contributed by atoms with van der Waals surface area (Å²) in [6, 6.07) is 1.80. The van der Waals surface area contributed by atoms with Gasteiger partial charge in [0.2, 0.25) is 0 Å². The number of nitrogens with one attached hydrogen (secondary N) is 1. The van der Waals surface area contributed by atoms with Crippen LogP contribution in [0.5, 0.6) is 0 Å². The van der Waals surface area contributed by atoms with Crippen LogP contribution in [0.4, 0.5) is 0 Å². The average Bonchev–Trinajstić information content (AvgIpc) is 2.74. The van der Waals surface area contributed by atoms with Crippen LogP contribution in [0.1, 0.15) is 11.3 Å². The number of H-pyrrole nitrogens is 1. The van der Waals surface area contributed by atoms with Crippen LogP contribution in [0.25, 0.3) is 0 Å². The van der Waals surface area contributed by atoms with Crippen molar-refractivity contribution in [3.8, 4) is 0 Å². The molecule has 70 valence electrons. The summed E-state index contributed by atoms with van der Waals surface area (Å²) in [6.07, 6.45) is 8.13. The molecule has 2 heterocycles. The van der Waals surface area contributed by atoms with E-state index in [0.717, 1.165) is 5.56 Å². The van der Waals surface area contributed by atoms with E-state index in [-0.39, 0.29) is 0 Å². The minimum Gasteiger partial charge on any atom is -0.410 e. The molecule has 0 aliphatic carbocycles. The highest BCUT2D eigenvalue weighted by Gasteiger charge is 2.08. The number of aromatic nitrogens is 3. The van der Waals surface area contributed by atoms with Crippen LogP contribution in [0, 0.1) is 0 Å². The second-order valence-corrected chi connectivity index (χ2v) is 2.64. The van der Waals surface area contributed by atoms with Crippen molar-refractivity contribution in [3.05, 3.63) is 48.3 Å². The molecule has 2 rings (SSSR count). The van der Waals surface area contributed by atoms with Gasteiger partial charge >= 0.3 is 0 Å². The zero-order chi connectivity index (χ0) is 9.80. The molecule has 0 spiro atoms. The fraction of sp³-hybridized carbons (Fsp3) is 0. The molecular weight excluding hydrogens is 180 g/mol. The number of oxime groups is 1. The van der Waals surface area contributed by atoms with Crippen molar-refractivity contribution in [1.82, 2.24) is 15.0 Å². The van der Waals surface area contributed by atoms with Gasteiger partial charge in [-0.3, -0.25) is 9.97 Å². The second kappa shape index (κ2) is 3.69. The Kier molecular flexibility index (Phi) is 2.22. The Bertz CT molecular complexity index is 421. The Balaban J connectivity index is 2.43. The SMILES string of the molecule is O/N=C(/c1cc[nH]c1)c1cnccn1. The van der Waals surface area contributed by atoms with Gasteiger partial charge < -0.3 is 10.2 Å². The lowest BCUT2D eigenvalue weighted by molar-refractivity contribution is 0.319. The summed E-state index contributed by atoms with van der Waals surface area (Å²) >= 11 is 0. The van der Waals surface area contributed by atoms with E-state index in [1.807, 2.05) is 0 Å². The van der Waals surface area contributed by atoms with Gasteiger partial charge in [0.25, 0.3) is 0 Å². The first-order valence-electron chi connectivity index (χ1n) is 4.03. The predicted molar refractivity (Wildman–Crippen MR) is 50.3 cm³/mol. The van der Waals surface area contributed by atoms with Gasteiger partial charge in [-0.05, 0) is 6.07 Å². The first-order chi connectivity index (χ1) is 6.92. The van der Waals surface area contributed by atoms with Gasteiger partial charge in [-0.15, -0.1) is 0 Å². The van der Waals surface area contributed by atoms with E-state index in [2.05, 4.69) is 20.1 Å². The van der Waals surface area contributed by atoms with Gasteiger partial charge in [0, 0.05) is 30.4 Å². The molecule has 2 aromatic rings. The van der Waals surface area contributed by atoms with Crippen LogP contribution in [0.2, 0.25) is 0 Å². The van der Waals surface area contributed by atoms with E-state index < -0.39 is 0 Å². The zero-order valence-corrected chi connectivity index (χ0v) is 7.25. The molecule has 0 saturated carbocycles. The highest BCUT2D eigenvalue weighted by molar-refractivity contribution is 6.11. The number of aromatic amines is 1. The van der Waals surface area contributed by atoms with Gasteiger partial charge in [0.15, 0.2) is 0 Å². The van der Waals surface area contributed by atoms with Crippen LogP contribution < -0.4 is 0 Å². The number of hydrogen-bond donors (Lipinski definition) is 2. The molecule has 0 fully saturated rings. The van der Waals surface area contributed by atoms with Crippen LogP contribution >= 0.6 is 0 Å². The molecule has 0 amide bonds. The van der Waals surface area contributed by atoms with E-state index in [1.54, 1.807) is 37.1 Å². The summed E-state index contributed by atoms with van der Waals surface area (Å²) in [5, 5.41) is 12.1. The third-order valence-electron chi connectivity index (χ3n) is 1.78. The van der Waals surface area contributed by atoms with Crippen molar-refractivity contribution in [3.63, 3.8) is 0 Å². The molecule has 0 bridgehead atoms. The number of rotatable bonds is 2. The van der Waals surface area contributed by atoms with Crippen molar-refractivity contribution in [1.29, 1.82) is 0 Å². The maximum Gasteiger partial charge on any atom is 0.138 e. The van der Waals surface area contributed by atoms with Crippen molar-refractivity contribution >= 4 is 5.71 Å². The van der Waals surface area contributed by atoms with Gasteiger partial charge in [-0.25, -0.2) is 0 Å². The Morgan fingerprint density at radius 1 is 1.43 bits per heavy atom. The summed E-state index contributed by atoms with van der Waals surface area (Å²) in [7, 11) is 0. The van der Waals surface area contributed by atoms with E-state index in [1.165, 1.54) is 0 Å². The van der Waals surface area contributed by atoms with Crippen LogP contribution in [0.15, 0.2) is 42.2 Å². The van der Waals surface area contributed by atoms with Gasteiger partial charge in [0.1, 0.15) is 11.4 Å². The Hall–Kier alpha value is -2.17. The van der Waals surface area contributed by atoms with E-state index >= 15 is 0 Å². The van der Waals surface area contributed by atoms with Crippen LogP contribution in [0.3, 0.4) is 0 Å². The molecule has 0 aliphatic heterocycles. The molecule has 5 nitrogen and oxygen atoms in total. The molecule has 2 N–H and O–H groups in total. The molecule has 0 aromatic carbocycles. The third kappa shape index (κ3) is 1.47. The van der Waals surface area contributed by atoms with E-state index in [9.17, 15) is 0 Å². The summed E-state index contributed by atoms with van der Waals surface area (Å²) < 4.78 is 0. The lowest BCUT2D eigenvalue weighted by Crippen LogP contribution is -2.04. The van der Waals surface area contributed by atoms with Crippen molar-refractivity contribution in [2.24, 2.45) is 5.16 Å². The third-order valence-corrected chi connectivity index (χ3v) is 1.78. The minimum absolute atomic E-state index is 0.402. The quantitative estimate of drug-likeness (QED) is 0.420. The normalized spacial score (nSPS) is 11.6. The molecule has 14 heavy (non-hydrogen) atoms. The summed E-state index contributed by atoms with van der Waals surface area (Å²) in [6.45, 7) is 0. The van der Waals surface area contributed by atoms with Crippen LogP contribution in [-0.2, 0) is 0 Å². The summed E-state index contributed by atoms with van der Waals surface area (Å²) in [5.41, 5.74) is 1.71. The minimum atomic E-state index is 0.402. The highest BCUT2D eigenvalue weighted by Crippen LogP contribution is 2.05. The summed E-state index contributed by atoms with van der Waals surface area (Å²) in [5.74, 6) is 0. The number of nitrogens with zero attached hydrogens (tertiary/aromatic N) is 3. The predicted octanol–water partition coefficient (Wildman–Crippen LogP) is 1.03. The maximum absolute atomic E-state index is 8.86. The number of hydrogen-bond acceptors (Lipinski definition) is 4. The summed E-state index contributed by atoms with van der Waals surface area (Å²) in [4.78, 5) is 10.8. The molecule has 0 unspecified atom stereocenters. The smallest absolute Gasteiger partial charge is 0.138 e. The molecule has 0 atom stereocenters. The highest BCUT2D eigenvalue weighted by atomic mass is 16.4. The lowest BCUT2D eigenvalue weighted by atomic mass is 10.1. The molecule has 0 saturated heterocycles.